The number of aliphatic carboxylic acids is 1. The number of rotatable bonds is 4. The second-order valence-corrected chi connectivity index (χ2v) is 3.31. The van der Waals surface area contributed by atoms with Crippen LogP contribution in [0.3, 0.4) is 0 Å². The van der Waals surface area contributed by atoms with Gasteiger partial charge in [0.25, 0.3) is 0 Å². The number of hydrogen-bond donors (Lipinski definition) is 1. The zero-order chi connectivity index (χ0) is 10.7. The number of carbonyl (C=O) groups is 2. The van der Waals surface area contributed by atoms with Gasteiger partial charge in [0.15, 0.2) is 0 Å². The van der Waals surface area contributed by atoms with Gasteiger partial charge in [-0.05, 0) is 0 Å². The molecule has 13 heavy (non-hydrogen) atoms. The normalized spacial score (nSPS) is 8.23. The fraction of sp³-hybridized carbons (Fsp3) is 0.667. The molecule has 0 heterocycles. The minimum Gasteiger partial charge on any atom is -0.481 e. The Morgan fingerprint density at radius 3 is 1.77 bits per heavy atom. The van der Waals surface area contributed by atoms with Crippen molar-refractivity contribution in [3.63, 3.8) is 0 Å². The first-order chi connectivity index (χ1) is 6.08. The Kier molecular flexibility index (Phi) is 13.9. The second kappa shape index (κ2) is 11.8. The zero-order valence-corrected chi connectivity index (χ0v) is 9.81. The van der Waals surface area contributed by atoms with Crippen molar-refractivity contribution in [3.8, 4) is 0 Å². The van der Waals surface area contributed by atoms with Gasteiger partial charge in [-0.3, -0.25) is 9.74 Å². The molecule has 0 aliphatic rings. The van der Waals surface area contributed by atoms with Crippen LogP contribution in [-0.2, 0) is 14.5 Å². The van der Waals surface area contributed by atoms with E-state index in [1.165, 1.54) is 0 Å². The van der Waals surface area contributed by atoms with Gasteiger partial charge >= 0.3 is 11.9 Å². The molecule has 0 aromatic carbocycles. The number of carbonyl (C=O) groups excluding carboxylic acids is 1. The first-order valence-electron chi connectivity index (χ1n) is 3.23. The summed E-state index contributed by atoms with van der Waals surface area (Å²) < 4.78 is 10.7. The van der Waals surface area contributed by atoms with Crippen LogP contribution in [0.15, 0.2) is 0 Å². The molecular weight excluding hydrogens is 315 g/mol. The molecule has 0 radical (unpaired) electrons. The lowest BCUT2D eigenvalue weighted by molar-refractivity contribution is -0.182. The van der Waals surface area contributed by atoms with Gasteiger partial charge in [0.1, 0.15) is 0 Å². The van der Waals surface area contributed by atoms with Gasteiger partial charge in [0, 0.05) is 15.2 Å². The van der Waals surface area contributed by atoms with Gasteiger partial charge in [0.05, 0.1) is 12.8 Å². The highest BCUT2D eigenvalue weighted by atomic mass is 79.9. The maximum absolute atomic E-state index is 10.7. The highest BCUT2D eigenvalue weighted by molar-refractivity contribution is 9.09. The Bertz CT molecular complexity index is 154. The van der Waals surface area contributed by atoms with Crippen molar-refractivity contribution in [2.75, 3.05) is 10.7 Å². The van der Waals surface area contributed by atoms with Crippen LogP contribution in [0.5, 0.6) is 0 Å². The Morgan fingerprint density at radius 2 is 1.69 bits per heavy atom. The molecule has 0 atom stereocenters. The van der Waals surface area contributed by atoms with Gasteiger partial charge in [-0.1, -0.05) is 31.9 Å². The van der Waals surface area contributed by atoms with Gasteiger partial charge in [-0.15, -0.1) is 0 Å². The molecule has 0 unspecified atom stereocenters. The van der Waals surface area contributed by atoms with E-state index in [0.717, 1.165) is 0 Å². The van der Waals surface area contributed by atoms with Crippen molar-refractivity contribution in [2.24, 2.45) is 0 Å². The highest BCUT2D eigenvalue weighted by Gasteiger charge is 1.97. The Hall–Kier alpha value is -0.170. The Morgan fingerprint density at radius 1 is 1.23 bits per heavy atom. The molecule has 0 aliphatic carbocycles. The predicted molar refractivity (Wildman–Crippen MR) is 51.7 cm³/mol. The molecule has 0 bridgehead atoms. The molecule has 0 saturated carbocycles. The third-order valence-corrected chi connectivity index (χ3v) is 1.49. The Balaban J connectivity index is 0. The van der Waals surface area contributed by atoms with Gasteiger partial charge in [0.2, 0.25) is 0 Å². The summed E-state index contributed by atoms with van der Waals surface area (Å²) in [7, 11) is 0. The van der Waals surface area contributed by atoms with E-state index in [1.807, 2.05) is 0 Å². The number of hydrogen-bond acceptors (Lipinski definition) is 3. The van der Waals surface area contributed by atoms with E-state index in [4.69, 9.17) is 5.11 Å². The first-order valence-corrected chi connectivity index (χ1v) is 5.47. The SMILES string of the molecule is O=C(CCBr)OF.O=C(O)CCBr. The lowest BCUT2D eigenvalue weighted by atomic mass is 10.5. The third kappa shape index (κ3) is 18.6. The van der Waals surface area contributed by atoms with E-state index < -0.39 is 11.9 Å². The molecule has 78 valence electrons. The standard InChI is InChI=1S/C3H4BrFO2.C3H5BrO2/c4-2-1-3(6)7-5;4-2-1-3(5)6/h1-2H2;1-2H2,(H,5,6). The van der Waals surface area contributed by atoms with Crippen LogP contribution in [0, 0.1) is 0 Å². The average Bonchev–Trinajstić information content (AvgIpc) is 2.05. The third-order valence-electron chi connectivity index (χ3n) is 0.693. The summed E-state index contributed by atoms with van der Waals surface area (Å²) in [5.74, 6) is -1.59. The molecular formula is C6H9Br2FO4. The number of alkyl halides is 2. The monoisotopic (exact) mass is 322 g/mol. The fourth-order valence-electron chi connectivity index (χ4n) is 0.197. The lowest BCUT2D eigenvalue weighted by Crippen LogP contribution is -1.96. The van der Waals surface area contributed by atoms with Crippen LogP contribution < -0.4 is 0 Å². The van der Waals surface area contributed by atoms with Crippen LogP contribution in [0.25, 0.3) is 0 Å². The molecule has 0 aromatic rings. The first kappa shape index (κ1) is 15.3. The molecule has 1 N–H and O–H groups in total. The van der Waals surface area contributed by atoms with Crippen molar-refractivity contribution in [3.05, 3.63) is 0 Å². The van der Waals surface area contributed by atoms with E-state index in [0.29, 0.717) is 10.7 Å². The van der Waals surface area contributed by atoms with Crippen molar-refractivity contribution >= 4 is 43.8 Å². The minimum absolute atomic E-state index is 0.0799. The number of halogens is 3. The highest BCUT2D eigenvalue weighted by Crippen LogP contribution is 1.90. The van der Waals surface area contributed by atoms with Crippen LogP contribution in [-0.4, -0.2) is 27.7 Å². The molecule has 0 rings (SSSR count). The summed E-state index contributed by atoms with van der Waals surface area (Å²) in [5.41, 5.74) is 0. The molecule has 0 fully saturated rings. The lowest BCUT2D eigenvalue weighted by Gasteiger charge is -1.83. The maximum Gasteiger partial charge on any atom is 0.349 e. The quantitative estimate of drug-likeness (QED) is 0.804. The zero-order valence-electron chi connectivity index (χ0n) is 6.63. The van der Waals surface area contributed by atoms with E-state index in [2.05, 4.69) is 36.8 Å². The topological polar surface area (TPSA) is 63.6 Å². The van der Waals surface area contributed by atoms with Crippen LogP contribution >= 0.6 is 31.9 Å². The van der Waals surface area contributed by atoms with E-state index in [9.17, 15) is 14.1 Å². The second-order valence-electron chi connectivity index (χ2n) is 1.72. The van der Waals surface area contributed by atoms with Crippen molar-refractivity contribution < 1.29 is 24.2 Å². The summed E-state index contributed by atoms with van der Waals surface area (Å²) in [4.78, 5) is 22.2. The summed E-state index contributed by atoms with van der Waals surface area (Å²) in [6.07, 6.45) is 0.288. The number of carboxylic acid groups (broad SMARTS) is 1. The Labute approximate surface area is 91.6 Å². The molecule has 0 aromatic heterocycles. The minimum atomic E-state index is -0.836. The molecule has 0 aliphatic heterocycles. The molecule has 0 saturated heterocycles. The van der Waals surface area contributed by atoms with Crippen molar-refractivity contribution in [2.45, 2.75) is 12.8 Å². The van der Waals surface area contributed by atoms with Gasteiger partial charge in [-0.2, -0.15) is 0 Å². The largest absolute Gasteiger partial charge is 0.481 e. The van der Waals surface area contributed by atoms with E-state index in [-0.39, 0.29) is 12.8 Å². The summed E-state index contributed by atoms with van der Waals surface area (Å²) >= 11 is 5.89. The van der Waals surface area contributed by atoms with E-state index >= 15 is 0 Å². The van der Waals surface area contributed by atoms with Crippen LogP contribution in [0.2, 0.25) is 0 Å². The van der Waals surface area contributed by atoms with Crippen molar-refractivity contribution in [1.29, 1.82) is 0 Å². The number of carboxylic acids is 1. The summed E-state index contributed by atoms with van der Waals surface area (Å²) in [6.45, 7) is 0. The van der Waals surface area contributed by atoms with Gasteiger partial charge < -0.3 is 5.11 Å². The summed E-state index contributed by atoms with van der Waals surface area (Å²) in [5, 5.41) is 8.87. The smallest absolute Gasteiger partial charge is 0.349 e. The maximum atomic E-state index is 10.7. The predicted octanol–water partition coefficient (Wildman–Crippen LogP) is 2.06. The van der Waals surface area contributed by atoms with Gasteiger partial charge in [-0.25, -0.2) is 4.79 Å². The fourth-order valence-corrected chi connectivity index (χ4v) is 0.859. The summed E-state index contributed by atoms with van der Waals surface area (Å²) in [6, 6.07) is 0. The average molecular weight is 324 g/mol. The molecule has 4 nitrogen and oxygen atoms in total. The molecule has 0 amide bonds. The van der Waals surface area contributed by atoms with E-state index in [1.54, 1.807) is 0 Å². The molecule has 0 spiro atoms. The van der Waals surface area contributed by atoms with Crippen molar-refractivity contribution in [1.82, 2.24) is 0 Å². The van der Waals surface area contributed by atoms with Crippen LogP contribution in [0.1, 0.15) is 12.8 Å². The molecule has 7 heteroatoms. The van der Waals surface area contributed by atoms with Crippen LogP contribution in [0.4, 0.5) is 4.53 Å².